The second-order valence-corrected chi connectivity index (χ2v) is 4.55. The number of nitrogens with one attached hydrogen (secondary N) is 2. The van der Waals surface area contributed by atoms with E-state index >= 15 is 0 Å². The Morgan fingerprint density at radius 2 is 2.25 bits per heavy atom. The van der Waals surface area contributed by atoms with Crippen LogP contribution in [0.3, 0.4) is 0 Å². The zero-order chi connectivity index (χ0) is 12.0. The van der Waals surface area contributed by atoms with Gasteiger partial charge in [-0.3, -0.25) is 4.79 Å². The second-order valence-electron chi connectivity index (χ2n) is 4.55. The molecular weight excluding hydrogens is 208 g/mol. The van der Waals surface area contributed by atoms with Crippen molar-refractivity contribution in [1.82, 2.24) is 10.6 Å². The van der Waals surface area contributed by atoms with Crippen LogP contribution in [0.1, 0.15) is 19.8 Å². The second kappa shape index (κ2) is 6.83. The number of ether oxygens (including phenoxy) is 1. The number of methoxy groups -OCH3 is 1. The standard InChI is InChI=1S/C11H22N2O3/c1-8(7-16-2)13-11(15)6-12-5-9-3-10(14)4-9/h8-10,12,14H,3-7H2,1-2H3,(H,13,15). The summed E-state index contributed by atoms with van der Waals surface area (Å²) in [5.74, 6) is 0.517. The first kappa shape index (κ1) is 13.4. The summed E-state index contributed by atoms with van der Waals surface area (Å²) in [4.78, 5) is 11.4. The van der Waals surface area contributed by atoms with Gasteiger partial charge in [0.15, 0.2) is 0 Å². The lowest BCUT2D eigenvalue weighted by atomic mass is 9.82. The minimum Gasteiger partial charge on any atom is -0.393 e. The molecule has 0 aliphatic heterocycles. The number of rotatable bonds is 7. The predicted octanol–water partition coefficient (Wildman–Crippen LogP) is -0.502. The molecule has 0 heterocycles. The van der Waals surface area contributed by atoms with Crippen molar-refractivity contribution in [2.75, 3.05) is 26.8 Å². The number of carbonyl (C=O) groups is 1. The molecule has 1 aliphatic rings. The molecule has 1 fully saturated rings. The lowest BCUT2D eigenvalue weighted by Gasteiger charge is -2.31. The van der Waals surface area contributed by atoms with Gasteiger partial charge >= 0.3 is 0 Å². The molecule has 1 aliphatic carbocycles. The Morgan fingerprint density at radius 1 is 1.56 bits per heavy atom. The summed E-state index contributed by atoms with van der Waals surface area (Å²) in [5.41, 5.74) is 0. The molecule has 0 aromatic heterocycles. The Kier molecular flexibility index (Phi) is 5.73. The third-order valence-corrected chi connectivity index (χ3v) is 2.75. The van der Waals surface area contributed by atoms with Crippen LogP contribution in [0, 0.1) is 5.92 Å². The van der Waals surface area contributed by atoms with Crippen molar-refractivity contribution in [3.8, 4) is 0 Å². The molecule has 1 atom stereocenters. The minimum absolute atomic E-state index is 0.00979. The molecule has 1 rings (SSSR count). The topological polar surface area (TPSA) is 70.6 Å². The van der Waals surface area contributed by atoms with Gasteiger partial charge in [0, 0.05) is 13.2 Å². The highest BCUT2D eigenvalue weighted by atomic mass is 16.5. The first-order chi connectivity index (χ1) is 7.61. The average Bonchev–Trinajstić information content (AvgIpc) is 2.15. The van der Waals surface area contributed by atoms with Crippen molar-refractivity contribution >= 4 is 5.91 Å². The molecule has 0 spiro atoms. The summed E-state index contributed by atoms with van der Waals surface area (Å²) in [6, 6.07) is 0.0461. The van der Waals surface area contributed by atoms with Gasteiger partial charge in [-0.05, 0) is 32.2 Å². The van der Waals surface area contributed by atoms with Gasteiger partial charge in [0.05, 0.1) is 19.3 Å². The van der Waals surface area contributed by atoms with Gasteiger partial charge in [0.1, 0.15) is 0 Å². The summed E-state index contributed by atoms with van der Waals surface area (Å²) in [6.07, 6.45) is 1.59. The maximum absolute atomic E-state index is 11.4. The maximum atomic E-state index is 11.4. The number of hydrogen-bond acceptors (Lipinski definition) is 4. The van der Waals surface area contributed by atoms with Gasteiger partial charge in [0.25, 0.3) is 0 Å². The first-order valence-corrected chi connectivity index (χ1v) is 5.79. The molecule has 0 aromatic rings. The number of hydrogen-bond donors (Lipinski definition) is 3. The minimum atomic E-state index is -0.123. The molecule has 0 saturated heterocycles. The van der Waals surface area contributed by atoms with E-state index in [0.29, 0.717) is 19.1 Å². The fourth-order valence-electron chi connectivity index (χ4n) is 1.87. The molecule has 5 heteroatoms. The van der Waals surface area contributed by atoms with Gasteiger partial charge in [-0.1, -0.05) is 0 Å². The number of carbonyl (C=O) groups excluding carboxylic acids is 1. The van der Waals surface area contributed by atoms with Gasteiger partial charge in [-0.15, -0.1) is 0 Å². The van der Waals surface area contributed by atoms with Gasteiger partial charge < -0.3 is 20.5 Å². The SMILES string of the molecule is COCC(C)NC(=O)CNCC1CC(O)C1. The molecule has 0 aromatic carbocycles. The van der Waals surface area contributed by atoms with Crippen LogP contribution in [0.4, 0.5) is 0 Å². The molecule has 5 nitrogen and oxygen atoms in total. The van der Waals surface area contributed by atoms with E-state index in [1.54, 1.807) is 7.11 Å². The smallest absolute Gasteiger partial charge is 0.234 e. The highest BCUT2D eigenvalue weighted by Crippen LogP contribution is 2.25. The highest BCUT2D eigenvalue weighted by Gasteiger charge is 2.26. The van der Waals surface area contributed by atoms with Gasteiger partial charge in [-0.2, -0.15) is 0 Å². The number of aliphatic hydroxyl groups excluding tert-OH is 1. The van der Waals surface area contributed by atoms with E-state index in [4.69, 9.17) is 9.84 Å². The van der Waals surface area contributed by atoms with Crippen molar-refractivity contribution in [2.24, 2.45) is 5.92 Å². The van der Waals surface area contributed by atoms with Crippen LogP contribution in [-0.4, -0.2) is 50.0 Å². The van der Waals surface area contributed by atoms with Crippen molar-refractivity contribution in [1.29, 1.82) is 0 Å². The molecule has 1 unspecified atom stereocenters. The molecule has 1 amide bonds. The van der Waals surface area contributed by atoms with E-state index in [1.807, 2.05) is 6.92 Å². The van der Waals surface area contributed by atoms with Crippen LogP contribution in [0.2, 0.25) is 0 Å². The maximum Gasteiger partial charge on any atom is 0.234 e. The third kappa shape index (κ3) is 4.92. The lowest BCUT2D eigenvalue weighted by Crippen LogP contribution is -2.43. The first-order valence-electron chi connectivity index (χ1n) is 5.79. The summed E-state index contributed by atoms with van der Waals surface area (Å²) in [5, 5.41) is 15.0. The molecular formula is C11H22N2O3. The van der Waals surface area contributed by atoms with Crippen molar-refractivity contribution in [3.05, 3.63) is 0 Å². The normalized spacial score (nSPS) is 25.9. The zero-order valence-electron chi connectivity index (χ0n) is 10.0. The van der Waals surface area contributed by atoms with E-state index in [1.165, 1.54) is 0 Å². The average molecular weight is 230 g/mol. The monoisotopic (exact) mass is 230 g/mol. The summed E-state index contributed by atoms with van der Waals surface area (Å²) in [7, 11) is 1.61. The molecule has 3 N–H and O–H groups in total. The quantitative estimate of drug-likeness (QED) is 0.551. The Bertz CT molecular complexity index is 217. The van der Waals surface area contributed by atoms with Crippen LogP contribution in [0.25, 0.3) is 0 Å². The van der Waals surface area contributed by atoms with Crippen molar-refractivity contribution < 1.29 is 14.6 Å². The molecule has 0 bridgehead atoms. The summed E-state index contributed by atoms with van der Waals surface area (Å²) in [6.45, 7) is 3.58. The summed E-state index contributed by atoms with van der Waals surface area (Å²) >= 11 is 0. The number of amides is 1. The van der Waals surface area contributed by atoms with E-state index in [9.17, 15) is 4.79 Å². The van der Waals surface area contributed by atoms with Crippen molar-refractivity contribution in [2.45, 2.75) is 31.9 Å². The van der Waals surface area contributed by atoms with Gasteiger partial charge in [0.2, 0.25) is 5.91 Å². The lowest BCUT2D eigenvalue weighted by molar-refractivity contribution is -0.121. The Morgan fingerprint density at radius 3 is 2.81 bits per heavy atom. The van der Waals surface area contributed by atoms with Crippen LogP contribution in [0.5, 0.6) is 0 Å². The fourth-order valence-corrected chi connectivity index (χ4v) is 1.87. The predicted molar refractivity (Wildman–Crippen MR) is 61.1 cm³/mol. The Hall–Kier alpha value is -0.650. The molecule has 94 valence electrons. The van der Waals surface area contributed by atoms with Gasteiger partial charge in [-0.25, -0.2) is 0 Å². The van der Waals surface area contributed by atoms with Crippen LogP contribution in [0.15, 0.2) is 0 Å². The third-order valence-electron chi connectivity index (χ3n) is 2.75. The Balaban J connectivity index is 1.97. The zero-order valence-corrected chi connectivity index (χ0v) is 10.0. The molecule has 0 radical (unpaired) electrons. The fraction of sp³-hybridized carbons (Fsp3) is 0.909. The van der Waals surface area contributed by atoms with E-state index in [0.717, 1.165) is 19.4 Å². The highest BCUT2D eigenvalue weighted by molar-refractivity contribution is 5.78. The van der Waals surface area contributed by atoms with E-state index in [2.05, 4.69) is 10.6 Å². The Labute approximate surface area is 96.6 Å². The summed E-state index contributed by atoms with van der Waals surface area (Å²) < 4.78 is 4.92. The van der Waals surface area contributed by atoms with Crippen molar-refractivity contribution in [3.63, 3.8) is 0 Å². The van der Waals surface area contributed by atoms with Crippen LogP contribution >= 0.6 is 0 Å². The largest absolute Gasteiger partial charge is 0.393 e. The number of aliphatic hydroxyl groups is 1. The molecule has 1 saturated carbocycles. The van der Waals surface area contributed by atoms with Crippen LogP contribution < -0.4 is 10.6 Å². The molecule has 16 heavy (non-hydrogen) atoms. The van der Waals surface area contributed by atoms with E-state index < -0.39 is 0 Å². The van der Waals surface area contributed by atoms with Crippen LogP contribution in [-0.2, 0) is 9.53 Å². The van der Waals surface area contributed by atoms with E-state index in [-0.39, 0.29) is 18.1 Å².